The quantitative estimate of drug-likeness (QED) is 0.630. The lowest BCUT2D eigenvalue weighted by molar-refractivity contribution is -0.895. The fourth-order valence-corrected chi connectivity index (χ4v) is 2.91. The van der Waals surface area contributed by atoms with Crippen molar-refractivity contribution >= 4 is 17.7 Å². The van der Waals surface area contributed by atoms with Gasteiger partial charge in [-0.1, -0.05) is 12.1 Å². The van der Waals surface area contributed by atoms with Crippen LogP contribution in [0.25, 0.3) is 0 Å². The number of hydrogen-bond donors (Lipinski definition) is 2. The number of imide groups is 1. The summed E-state index contributed by atoms with van der Waals surface area (Å²) in [6.45, 7) is 8.20. The van der Waals surface area contributed by atoms with Crippen LogP contribution in [0.3, 0.4) is 0 Å². The Hall–Kier alpha value is -2.21. The molecule has 0 radical (unpaired) electrons. The predicted octanol–water partition coefficient (Wildman–Crippen LogP) is 0.104. The first-order valence-corrected chi connectivity index (χ1v) is 8.64. The Morgan fingerprint density at radius 3 is 2.21 bits per heavy atom. The van der Waals surface area contributed by atoms with Gasteiger partial charge >= 0.3 is 0 Å². The summed E-state index contributed by atoms with van der Waals surface area (Å²) in [5, 5.41) is 2.90. The van der Waals surface area contributed by atoms with Crippen molar-refractivity contribution in [3.8, 4) is 0 Å². The van der Waals surface area contributed by atoms with Crippen molar-refractivity contribution in [2.24, 2.45) is 0 Å². The zero-order valence-corrected chi connectivity index (χ0v) is 14.4. The van der Waals surface area contributed by atoms with Gasteiger partial charge in [-0.15, -0.1) is 0 Å². The molecule has 2 N–H and O–H groups in total. The molecular weight excluding hydrogens is 306 g/mol. The Morgan fingerprint density at radius 2 is 1.67 bits per heavy atom. The minimum atomic E-state index is -0.263. The van der Waals surface area contributed by atoms with E-state index in [1.54, 1.807) is 24.3 Å². The molecule has 0 aromatic heterocycles. The van der Waals surface area contributed by atoms with Crippen LogP contribution in [0, 0.1) is 0 Å². The van der Waals surface area contributed by atoms with Gasteiger partial charge in [0.1, 0.15) is 0 Å². The van der Waals surface area contributed by atoms with Gasteiger partial charge in [0.2, 0.25) is 5.91 Å². The molecule has 6 nitrogen and oxygen atoms in total. The molecule has 130 valence electrons. The standard InChI is InChI=1S/C18H25N3O3/c1-3-20(4-2)13-11-19-16(22)10-7-12-21-17(23)14-8-5-6-9-15(14)18(21)24/h5-6,8-9H,3-4,7,10-13H2,1-2H3,(H,19,22)/p+1. The van der Waals surface area contributed by atoms with Gasteiger partial charge in [0.15, 0.2) is 0 Å². The summed E-state index contributed by atoms with van der Waals surface area (Å²) in [7, 11) is 0. The molecule has 0 atom stereocenters. The molecule has 0 fully saturated rings. The molecule has 0 bridgehead atoms. The molecule has 1 aliphatic rings. The van der Waals surface area contributed by atoms with E-state index in [0.29, 0.717) is 30.5 Å². The highest BCUT2D eigenvalue weighted by atomic mass is 16.2. The van der Waals surface area contributed by atoms with Crippen molar-refractivity contribution in [2.75, 3.05) is 32.7 Å². The summed E-state index contributed by atoms with van der Waals surface area (Å²) in [6.07, 6.45) is 0.802. The lowest BCUT2D eigenvalue weighted by atomic mass is 10.1. The fourth-order valence-electron chi connectivity index (χ4n) is 2.91. The average molecular weight is 332 g/mol. The molecule has 1 aromatic carbocycles. The number of nitrogens with zero attached hydrogens (tertiary/aromatic N) is 1. The molecule has 1 heterocycles. The monoisotopic (exact) mass is 332 g/mol. The van der Waals surface area contributed by atoms with E-state index >= 15 is 0 Å². The Labute approximate surface area is 142 Å². The van der Waals surface area contributed by atoms with E-state index in [4.69, 9.17) is 0 Å². The van der Waals surface area contributed by atoms with Crippen LogP contribution in [0.1, 0.15) is 47.4 Å². The Morgan fingerprint density at radius 1 is 1.08 bits per heavy atom. The highest BCUT2D eigenvalue weighted by Gasteiger charge is 2.34. The van der Waals surface area contributed by atoms with E-state index in [1.165, 1.54) is 9.80 Å². The van der Waals surface area contributed by atoms with Crippen molar-refractivity contribution in [3.05, 3.63) is 35.4 Å². The van der Waals surface area contributed by atoms with Crippen LogP contribution in [-0.4, -0.2) is 55.3 Å². The summed E-state index contributed by atoms with van der Waals surface area (Å²) >= 11 is 0. The highest BCUT2D eigenvalue weighted by molar-refractivity contribution is 6.21. The molecule has 6 heteroatoms. The highest BCUT2D eigenvalue weighted by Crippen LogP contribution is 2.22. The largest absolute Gasteiger partial charge is 0.350 e. The van der Waals surface area contributed by atoms with E-state index in [9.17, 15) is 14.4 Å². The third-order valence-corrected chi connectivity index (χ3v) is 4.46. The fraction of sp³-hybridized carbons (Fsp3) is 0.500. The maximum absolute atomic E-state index is 12.2. The van der Waals surface area contributed by atoms with Gasteiger partial charge in [0.05, 0.1) is 37.3 Å². The number of hydrogen-bond acceptors (Lipinski definition) is 3. The second-order valence-electron chi connectivity index (χ2n) is 5.97. The summed E-state index contributed by atoms with van der Waals surface area (Å²) in [5.74, 6) is -0.555. The van der Waals surface area contributed by atoms with E-state index < -0.39 is 0 Å². The lowest BCUT2D eigenvalue weighted by Crippen LogP contribution is -3.12. The number of likely N-dealkylation sites (N-methyl/N-ethyl adjacent to an activating group) is 1. The van der Waals surface area contributed by atoms with E-state index in [1.807, 2.05) is 0 Å². The van der Waals surface area contributed by atoms with E-state index in [2.05, 4.69) is 19.2 Å². The van der Waals surface area contributed by atoms with Crippen LogP contribution < -0.4 is 10.2 Å². The number of fused-ring (bicyclic) bond motifs is 1. The van der Waals surface area contributed by atoms with Crippen molar-refractivity contribution in [1.29, 1.82) is 0 Å². The van der Waals surface area contributed by atoms with Gasteiger partial charge in [-0.2, -0.15) is 0 Å². The first-order chi connectivity index (χ1) is 11.6. The number of rotatable bonds is 9. The minimum absolute atomic E-state index is 0.0295. The topological polar surface area (TPSA) is 70.9 Å². The number of carbonyl (C=O) groups is 3. The SMILES string of the molecule is CC[NH+](CC)CCNC(=O)CCCN1C(=O)c2ccccc2C1=O. The van der Waals surface area contributed by atoms with Crippen molar-refractivity contribution < 1.29 is 19.3 Å². The summed E-state index contributed by atoms with van der Waals surface area (Å²) in [5.41, 5.74) is 0.906. The van der Waals surface area contributed by atoms with Crippen molar-refractivity contribution in [2.45, 2.75) is 26.7 Å². The molecule has 0 spiro atoms. The van der Waals surface area contributed by atoms with Crippen LogP contribution in [-0.2, 0) is 4.79 Å². The number of benzene rings is 1. The molecule has 0 aliphatic carbocycles. The zero-order valence-electron chi connectivity index (χ0n) is 14.4. The average Bonchev–Trinajstić information content (AvgIpc) is 2.84. The molecule has 1 aromatic rings. The summed E-state index contributed by atoms with van der Waals surface area (Å²) in [6, 6.07) is 6.83. The first kappa shape index (κ1) is 18.1. The van der Waals surface area contributed by atoms with Crippen LogP contribution in [0.5, 0.6) is 0 Å². The second-order valence-corrected chi connectivity index (χ2v) is 5.97. The zero-order chi connectivity index (χ0) is 17.5. The second kappa shape index (κ2) is 8.59. The number of quaternary nitrogens is 1. The van der Waals surface area contributed by atoms with Crippen LogP contribution >= 0.6 is 0 Å². The first-order valence-electron chi connectivity index (χ1n) is 8.64. The van der Waals surface area contributed by atoms with Crippen LogP contribution in [0.15, 0.2) is 24.3 Å². The summed E-state index contributed by atoms with van der Waals surface area (Å²) < 4.78 is 0. The molecule has 1 aliphatic heterocycles. The molecule has 0 saturated heterocycles. The third kappa shape index (κ3) is 4.20. The lowest BCUT2D eigenvalue weighted by Gasteiger charge is -2.16. The van der Waals surface area contributed by atoms with E-state index in [-0.39, 0.29) is 24.3 Å². The molecular formula is C18H26N3O3+. The van der Waals surface area contributed by atoms with Gasteiger partial charge in [-0.3, -0.25) is 19.3 Å². The molecule has 0 unspecified atom stereocenters. The van der Waals surface area contributed by atoms with Gasteiger partial charge in [-0.05, 0) is 32.4 Å². The van der Waals surface area contributed by atoms with Crippen molar-refractivity contribution in [3.63, 3.8) is 0 Å². The molecule has 2 rings (SSSR count). The maximum Gasteiger partial charge on any atom is 0.261 e. The summed E-state index contributed by atoms with van der Waals surface area (Å²) in [4.78, 5) is 38.9. The Balaban J connectivity index is 1.72. The number of carbonyl (C=O) groups excluding carboxylic acids is 3. The van der Waals surface area contributed by atoms with Gasteiger partial charge < -0.3 is 10.2 Å². The number of amides is 3. The molecule has 24 heavy (non-hydrogen) atoms. The number of nitrogens with one attached hydrogen (secondary N) is 2. The minimum Gasteiger partial charge on any atom is -0.350 e. The third-order valence-electron chi connectivity index (χ3n) is 4.46. The molecule has 3 amide bonds. The Bertz CT molecular complexity index is 576. The van der Waals surface area contributed by atoms with Gasteiger partial charge in [-0.25, -0.2) is 0 Å². The van der Waals surface area contributed by atoms with Crippen LogP contribution in [0.4, 0.5) is 0 Å². The van der Waals surface area contributed by atoms with E-state index in [0.717, 1.165) is 19.6 Å². The normalized spacial score (nSPS) is 13.5. The van der Waals surface area contributed by atoms with Crippen LogP contribution in [0.2, 0.25) is 0 Å². The smallest absolute Gasteiger partial charge is 0.261 e. The predicted molar refractivity (Wildman–Crippen MR) is 91.0 cm³/mol. The van der Waals surface area contributed by atoms with Crippen molar-refractivity contribution in [1.82, 2.24) is 10.2 Å². The van der Waals surface area contributed by atoms with Gasteiger partial charge in [0.25, 0.3) is 11.8 Å². The Kier molecular flexibility index (Phi) is 6.49. The maximum atomic E-state index is 12.2. The van der Waals surface area contributed by atoms with Gasteiger partial charge in [0, 0.05) is 13.0 Å². The molecule has 0 saturated carbocycles.